The van der Waals surface area contributed by atoms with Gasteiger partial charge in [-0.05, 0) is 18.2 Å². The second-order valence-electron chi connectivity index (χ2n) is 4.15. The van der Waals surface area contributed by atoms with Crippen LogP contribution in [0.15, 0.2) is 30.5 Å². The summed E-state index contributed by atoms with van der Waals surface area (Å²) in [5.41, 5.74) is 5.63. The fourth-order valence-corrected chi connectivity index (χ4v) is 1.79. The summed E-state index contributed by atoms with van der Waals surface area (Å²) >= 11 is 0. The third kappa shape index (κ3) is 2.81. The molecule has 7 heteroatoms. The van der Waals surface area contributed by atoms with Crippen LogP contribution in [0.2, 0.25) is 0 Å². The standard InChI is InChI=1S/C14H11FN2O4/c1-21-14(20)7-2-3-9(11(15)5-7)8-4-10(13(18)19)12(16)17-6-8/h2-6H,1H3,(H2,16,17)(H,18,19). The molecule has 0 aliphatic carbocycles. The molecular formula is C14H11FN2O4. The van der Waals surface area contributed by atoms with E-state index in [9.17, 15) is 14.0 Å². The lowest BCUT2D eigenvalue weighted by Crippen LogP contribution is -2.05. The number of esters is 1. The molecule has 0 bridgehead atoms. The van der Waals surface area contributed by atoms with Crippen LogP contribution in [0.1, 0.15) is 20.7 Å². The molecule has 6 nitrogen and oxygen atoms in total. The number of aromatic carboxylic acids is 1. The molecule has 1 heterocycles. The fourth-order valence-electron chi connectivity index (χ4n) is 1.79. The van der Waals surface area contributed by atoms with Gasteiger partial charge in [0.1, 0.15) is 17.2 Å². The molecule has 2 rings (SSSR count). The first-order valence-corrected chi connectivity index (χ1v) is 5.81. The maximum absolute atomic E-state index is 14.1. The molecule has 0 unspecified atom stereocenters. The lowest BCUT2D eigenvalue weighted by molar-refractivity contribution is 0.0599. The Morgan fingerprint density at radius 1 is 1.33 bits per heavy atom. The Kier molecular flexibility index (Phi) is 3.84. The van der Waals surface area contributed by atoms with Gasteiger partial charge in [0.25, 0.3) is 0 Å². The molecule has 0 radical (unpaired) electrons. The van der Waals surface area contributed by atoms with Crippen molar-refractivity contribution in [2.45, 2.75) is 0 Å². The van der Waals surface area contributed by atoms with Crippen LogP contribution in [0.25, 0.3) is 11.1 Å². The smallest absolute Gasteiger partial charge is 0.339 e. The molecule has 0 aliphatic heterocycles. The van der Waals surface area contributed by atoms with E-state index in [4.69, 9.17) is 10.8 Å². The van der Waals surface area contributed by atoms with Crippen molar-refractivity contribution in [2.24, 2.45) is 0 Å². The first-order chi connectivity index (χ1) is 9.93. The van der Waals surface area contributed by atoms with Gasteiger partial charge in [-0.1, -0.05) is 6.07 Å². The van der Waals surface area contributed by atoms with Crippen molar-refractivity contribution in [3.63, 3.8) is 0 Å². The number of carboxylic acid groups (broad SMARTS) is 1. The van der Waals surface area contributed by atoms with E-state index >= 15 is 0 Å². The zero-order valence-electron chi connectivity index (χ0n) is 11.0. The molecule has 0 aliphatic rings. The largest absolute Gasteiger partial charge is 0.478 e. The Bertz CT molecular complexity index is 731. The minimum Gasteiger partial charge on any atom is -0.478 e. The van der Waals surface area contributed by atoms with Crippen LogP contribution in [0.3, 0.4) is 0 Å². The number of nitrogens with two attached hydrogens (primary N) is 1. The molecule has 0 fully saturated rings. The first kappa shape index (κ1) is 14.4. The van der Waals surface area contributed by atoms with Gasteiger partial charge in [0.15, 0.2) is 0 Å². The van der Waals surface area contributed by atoms with Gasteiger partial charge in [-0.3, -0.25) is 0 Å². The Morgan fingerprint density at radius 2 is 2.05 bits per heavy atom. The third-order valence-corrected chi connectivity index (χ3v) is 2.85. The number of nitrogen functional groups attached to an aromatic ring is 1. The van der Waals surface area contributed by atoms with E-state index in [-0.39, 0.29) is 28.1 Å². The van der Waals surface area contributed by atoms with Gasteiger partial charge in [0.2, 0.25) is 0 Å². The molecule has 108 valence electrons. The molecule has 0 saturated heterocycles. The van der Waals surface area contributed by atoms with Crippen LogP contribution >= 0.6 is 0 Å². The highest BCUT2D eigenvalue weighted by molar-refractivity contribution is 5.94. The van der Waals surface area contributed by atoms with E-state index in [1.165, 1.54) is 31.5 Å². The second-order valence-corrected chi connectivity index (χ2v) is 4.15. The maximum Gasteiger partial charge on any atom is 0.339 e. The number of hydrogen-bond acceptors (Lipinski definition) is 5. The Morgan fingerprint density at radius 3 is 2.62 bits per heavy atom. The molecule has 0 atom stereocenters. The number of nitrogens with zero attached hydrogens (tertiary/aromatic N) is 1. The van der Waals surface area contributed by atoms with Crippen LogP contribution in [-0.2, 0) is 4.74 Å². The molecule has 1 aromatic carbocycles. The van der Waals surface area contributed by atoms with E-state index in [0.29, 0.717) is 0 Å². The van der Waals surface area contributed by atoms with E-state index < -0.39 is 17.8 Å². The van der Waals surface area contributed by atoms with Crippen molar-refractivity contribution in [2.75, 3.05) is 12.8 Å². The van der Waals surface area contributed by atoms with Crippen molar-refractivity contribution in [3.05, 3.63) is 47.4 Å². The minimum absolute atomic E-state index is 0.0561. The average Bonchev–Trinajstić information content (AvgIpc) is 2.46. The van der Waals surface area contributed by atoms with Gasteiger partial charge in [0, 0.05) is 17.3 Å². The summed E-state index contributed by atoms with van der Waals surface area (Å²) in [6.45, 7) is 0. The van der Waals surface area contributed by atoms with Crippen molar-refractivity contribution in [3.8, 4) is 11.1 Å². The molecule has 3 N–H and O–H groups in total. The number of hydrogen-bond donors (Lipinski definition) is 2. The highest BCUT2D eigenvalue weighted by Gasteiger charge is 2.15. The predicted octanol–water partition coefficient (Wildman–Crippen LogP) is 1.95. The quantitative estimate of drug-likeness (QED) is 0.838. The molecule has 0 spiro atoms. The Labute approximate surface area is 119 Å². The monoisotopic (exact) mass is 290 g/mol. The van der Waals surface area contributed by atoms with Crippen molar-refractivity contribution in [1.29, 1.82) is 0 Å². The lowest BCUT2D eigenvalue weighted by Gasteiger charge is -2.07. The zero-order chi connectivity index (χ0) is 15.6. The van der Waals surface area contributed by atoms with Gasteiger partial charge < -0.3 is 15.6 Å². The topological polar surface area (TPSA) is 103 Å². The highest BCUT2D eigenvalue weighted by Crippen LogP contribution is 2.25. The molecule has 21 heavy (non-hydrogen) atoms. The normalized spacial score (nSPS) is 10.2. The number of methoxy groups -OCH3 is 1. The number of halogens is 1. The molecular weight excluding hydrogens is 279 g/mol. The minimum atomic E-state index is -1.26. The summed E-state index contributed by atoms with van der Waals surface area (Å²) < 4.78 is 18.5. The number of pyridine rings is 1. The van der Waals surface area contributed by atoms with Crippen LogP contribution < -0.4 is 5.73 Å². The summed E-state index contributed by atoms with van der Waals surface area (Å²) in [5.74, 6) is -2.77. The summed E-state index contributed by atoms with van der Waals surface area (Å²) in [7, 11) is 1.19. The number of carbonyl (C=O) groups excluding carboxylic acids is 1. The predicted molar refractivity (Wildman–Crippen MR) is 72.3 cm³/mol. The van der Waals surface area contributed by atoms with Gasteiger partial charge in [-0.2, -0.15) is 0 Å². The van der Waals surface area contributed by atoms with Crippen LogP contribution in [0.5, 0.6) is 0 Å². The third-order valence-electron chi connectivity index (χ3n) is 2.85. The van der Waals surface area contributed by atoms with Crippen molar-refractivity contribution < 1.29 is 23.8 Å². The number of aromatic nitrogens is 1. The van der Waals surface area contributed by atoms with Crippen molar-refractivity contribution >= 4 is 17.8 Å². The van der Waals surface area contributed by atoms with Gasteiger partial charge >= 0.3 is 11.9 Å². The molecule has 2 aromatic rings. The fraction of sp³-hybridized carbons (Fsp3) is 0.0714. The zero-order valence-corrected chi connectivity index (χ0v) is 11.0. The molecule has 1 aromatic heterocycles. The Balaban J connectivity index is 2.50. The van der Waals surface area contributed by atoms with Crippen LogP contribution in [0.4, 0.5) is 10.2 Å². The number of carbonyl (C=O) groups is 2. The molecule has 0 amide bonds. The number of rotatable bonds is 3. The lowest BCUT2D eigenvalue weighted by atomic mass is 10.0. The average molecular weight is 290 g/mol. The van der Waals surface area contributed by atoms with Crippen LogP contribution in [0, 0.1) is 5.82 Å². The van der Waals surface area contributed by atoms with Gasteiger partial charge in [-0.15, -0.1) is 0 Å². The first-order valence-electron chi connectivity index (χ1n) is 5.81. The number of anilines is 1. The van der Waals surface area contributed by atoms with E-state index in [2.05, 4.69) is 9.72 Å². The summed E-state index contributed by atoms with van der Waals surface area (Å²) in [6, 6.07) is 4.96. The number of ether oxygens (including phenoxy) is 1. The summed E-state index contributed by atoms with van der Waals surface area (Å²) in [6.07, 6.45) is 1.26. The highest BCUT2D eigenvalue weighted by atomic mass is 19.1. The van der Waals surface area contributed by atoms with E-state index in [1.807, 2.05) is 0 Å². The van der Waals surface area contributed by atoms with E-state index in [1.54, 1.807) is 0 Å². The van der Waals surface area contributed by atoms with Gasteiger partial charge in [0.05, 0.1) is 12.7 Å². The summed E-state index contributed by atoms with van der Waals surface area (Å²) in [5, 5.41) is 8.98. The van der Waals surface area contributed by atoms with Crippen molar-refractivity contribution in [1.82, 2.24) is 4.98 Å². The number of carboxylic acids is 1. The number of benzene rings is 1. The molecule has 0 saturated carbocycles. The van der Waals surface area contributed by atoms with Crippen LogP contribution in [-0.4, -0.2) is 29.1 Å². The second kappa shape index (κ2) is 5.58. The van der Waals surface area contributed by atoms with Gasteiger partial charge in [-0.25, -0.2) is 19.0 Å². The SMILES string of the molecule is COC(=O)c1ccc(-c2cnc(N)c(C(=O)O)c2)c(F)c1. The van der Waals surface area contributed by atoms with E-state index in [0.717, 1.165) is 6.07 Å². The summed E-state index contributed by atoms with van der Waals surface area (Å²) in [4.78, 5) is 26.0. The Hall–Kier alpha value is -2.96. The maximum atomic E-state index is 14.1.